The predicted molar refractivity (Wildman–Crippen MR) is 65.6 cm³/mol. The molecule has 0 radical (unpaired) electrons. The Morgan fingerprint density at radius 3 is 2.67 bits per heavy atom. The van der Waals surface area contributed by atoms with Crippen LogP contribution in [0.25, 0.3) is 0 Å². The molecule has 2 N–H and O–H groups in total. The zero-order valence-corrected chi connectivity index (χ0v) is 10.3. The van der Waals surface area contributed by atoms with Crippen LogP contribution in [0, 0.1) is 5.82 Å². The monoisotopic (exact) mass is 249 g/mol. The van der Waals surface area contributed by atoms with Gasteiger partial charge in [0.05, 0.1) is 5.92 Å². The van der Waals surface area contributed by atoms with Crippen LogP contribution in [0.4, 0.5) is 4.39 Å². The maximum absolute atomic E-state index is 12.8. The molecule has 96 valence electrons. The molecule has 1 aromatic carbocycles. The summed E-state index contributed by atoms with van der Waals surface area (Å²) in [4.78, 5) is 4.32. The van der Waals surface area contributed by atoms with Crippen molar-refractivity contribution in [2.45, 2.75) is 25.7 Å². The van der Waals surface area contributed by atoms with Crippen molar-refractivity contribution in [2.24, 2.45) is 5.73 Å². The van der Waals surface area contributed by atoms with Crippen molar-refractivity contribution in [1.29, 1.82) is 0 Å². The van der Waals surface area contributed by atoms with Gasteiger partial charge in [-0.15, -0.1) is 0 Å². The summed E-state index contributed by atoms with van der Waals surface area (Å²) >= 11 is 0. The van der Waals surface area contributed by atoms with E-state index in [1.54, 1.807) is 12.1 Å². The van der Waals surface area contributed by atoms with E-state index in [1.807, 2.05) is 6.92 Å². The molecule has 0 spiro atoms. The Hall–Kier alpha value is -1.75. The number of hydrogen-bond acceptors (Lipinski definition) is 4. The van der Waals surface area contributed by atoms with Crippen molar-refractivity contribution in [3.8, 4) is 0 Å². The van der Waals surface area contributed by atoms with Crippen LogP contribution in [0.2, 0.25) is 0 Å². The fourth-order valence-electron chi connectivity index (χ4n) is 1.73. The molecule has 4 nitrogen and oxygen atoms in total. The van der Waals surface area contributed by atoms with Crippen LogP contribution < -0.4 is 5.73 Å². The summed E-state index contributed by atoms with van der Waals surface area (Å²) in [5.41, 5.74) is 6.57. The van der Waals surface area contributed by atoms with Crippen LogP contribution in [-0.4, -0.2) is 16.7 Å². The zero-order valence-electron chi connectivity index (χ0n) is 10.3. The molecule has 0 amide bonds. The van der Waals surface area contributed by atoms with Crippen LogP contribution >= 0.6 is 0 Å². The van der Waals surface area contributed by atoms with Gasteiger partial charge in [0.15, 0.2) is 5.82 Å². The number of rotatable bonds is 5. The summed E-state index contributed by atoms with van der Waals surface area (Å²) in [6.45, 7) is 2.52. The van der Waals surface area contributed by atoms with E-state index in [4.69, 9.17) is 10.3 Å². The minimum Gasteiger partial charge on any atom is -0.339 e. The number of nitrogens with zero attached hydrogens (tertiary/aromatic N) is 2. The summed E-state index contributed by atoms with van der Waals surface area (Å²) in [7, 11) is 0. The van der Waals surface area contributed by atoms with Gasteiger partial charge in [0, 0.05) is 13.0 Å². The normalized spacial score (nSPS) is 12.6. The van der Waals surface area contributed by atoms with Crippen molar-refractivity contribution in [3.63, 3.8) is 0 Å². The molecule has 0 fully saturated rings. The van der Waals surface area contributed by atoms with E-state index in [-0.39, 0.29) is 11.7 Å². The third-order valence-electron chi connectivity index (χ3n) is 2.89. The number of aromatic nitrogens is 2. The van der Waals surface area contributed by atoms with Gasteiger partial charge in [-0.1, -0.05) is 24.2 Å². The lowest BCUT2D eigenvalue weighted by atomic mass is 10.1. The highest BCUT2D eigenvalue weighted by molar-refractivity contribution is 5.19. The average Bonchev–Trinajstić information content (AvgIpc) is 2.82. The highest BCUT2D eigenvalue weighted by atomic mass is 19.1. The van der Waals surface area contributed by atoms with Gasteiger partial charge in [-0.25, -0.2) is 4.39 Å². The Morgan fingerprint density at radius 1 is 1.33 bits per heavy atom. The third-order valence-corrected chi connectivity index (χ3v) is 2.89. The molecule has 0 saturated heterocycles. The van der Waals surface area contributed by atoms with Gasteiger partial charge < -0.3 is 10.3 Å². The van der Waals surface area contributed by atoms with Gasteiger partial charge in [-0.2, -0.15) is 4.98 Å². The molecule has 18 heavy (non-hydrogen) atoms. The second-order valence-corrected chi connectivity index (χ2v) is 4.19. The van der Waals surface area contributed by atoms with E-state index in [0.717, 1.165) is 12.0 Å². The Labute approximate surface area is 105 Å². The van der Waals surface area contributed by atoms with E-state index in [0.29, 0.717) is 24.7 Å². The van der Waals surface area contributed by atoms with Crippen LogP contribution in [0.1, 0.15) is 36.5 Å². The third kappa shape index (κ3) is 2.92. The lowest BCUT2D eigenvalue weighted by Crippen LogP contribution is -2.11. The molecule has 1 heterocycles. The molecule has 2 aromatic rings. The van der Waals surface area contributed by atoms with Gasteiger partial charge in [0.1, 0.15) is 5.82 Å². The largest absolute Gasteiger partial charge is 0.339 e. The standard InChI is InChI=1S/C13H16FN3O/c1-2-10(8-15)13-16-12(17-18-13)7-9-3-5-11(14)6-4-9/h3-6,10H,2,7-8,15H2,1H3. The van der Waals surface area contributed by atoms with E-state index >= 15 is 0 Å². The molecule has 0 aliphatic carbocycles. The molecule has 5 heteroatoms. The Morgan fingerprint density at radius 2 is 2.06 bits per heavy atom. The lowest BCUT2D eigenvalue weighted by molar-refractivity contribution is 0.348. The lowest BCUT2D eigenvalue weighted by Gasteiger charge is -2.04. The molecular weight excluding hydrogens is 233 g/mol. The smallest absolute Gasteiger partial charge is 0.231 e. The van der Waals surface area contributed by atoms with E-state index in [1.165, 1.54) is 12.1 Å². The van der Waals surface area contributed by atoms with Crippen molar-refractivity contribution in [1.82, 2.24) is 10.1 Å². The topological polar surface area (TPSA) is 64.9 Å². The molecule has 1 unspecified atom stereocenters. The quantitative estimate of drug-likeness (QED) is 0.882. The second kappa shape index (κ2) is 5.73. The molecule has 2 rings (SSSR count). The minimum atomic E-state index is -0.248. The van der Waals surface area contributed by atoms with Gasteiger partial charge in [0.25, 0.3) is 0 Å². The van der Waals surface area contributed by atoms with E-state index < -0.39 is 0 Å². The maximum Gasteiger partial charge on any atom is 0.231 e. The predicted octanol–water partition coefficient (Wildman–Crippen LogP) is 2.25. The zero-order chi connectivity index (χ0) is 13.0. The Kier molecular flexibility index (Phi) is 4.04. The fourth-order valence-corrected chi connectivity index (χ4v) is 1.73. The van der Waals surface area contributed by atoms with Crippen LogP contribution in [0.5, 0.6) is 0 Å². The number of hydrogen-bond donors (Lipinski definition) is 1. The SMILES string of the molecule is CCC(CN)c1nc(Cc2ccc(F)cc2)no1. The molecule has 1 atom stereocenters. The van der Waals surface area contributed by atoms with Crippen LogP contribution in [0.3, 0.4) is 0 Å². The first-order chi connectivity index (χ1) is 8.72. The first kappa shape index (κ1) is 12.7. The van der Waals surface area contributed by atoms with Crippen molar-refractivity contribution >= 4 is 0 Å². The first-order valence-corrected chi connectivity index (χ1v) is 6.00. The van der Waals surface area contributed by atoms with Gasteiger partial charge in [-0.3, -0.25) is 0 Å². The maximum atomic E-state index is 12.8. The molecule has 0 aliphatic heterocycles. The summed E-state index contributed by atoms with van der Waals surface area (Å²) in [5.74, 6) is 1.04. The number of halogens is 1. The van der Waals surface area contributed by atoms with Crippen LogP contribution in [0.15, 0.2) is 28.8 Å². The number of benzene rings is 1. The average molecular weight is 249 g/mol. The van der Waals surface area contributed by atoms with E-state index in [9.17, 15) is 4.39 Å². The summed E-state index contributed by atoms with van der Waals surface area (Å²) in [6.07, 6.45) is 1.40. The molecule has 0 bridgehead atoms. The molecule has 0 saturated carbocycles. The molecular formula is C13H16FN3O. The van der Waals surface area contributed by atoms with Crippen LogP contribution in [-0.2, 0) is 6.42 Å². The Balaban J connectivity index is 2.08. The highest BCUT2D eigenvalue weighted by Crippen LogP contribution is 2.17. The molecule has 1 aromatic heterocycles. The van der Waals surface area contributed by atoms with Crippen molar-refractivity contribution in [3.05, 3.63) is 47.4 Å². The summed E-state index contributed by atoms with van der Waals surface area (Å²) in [5, 5.41) is 3.92. The highest BCUT2D eigenvalue weighted by Gasteiger charge is 2.15. The molecule has 0 aliphatic rings. The van der Waals surface area contributed by atoms with Gasteiger partial charge in [0.2, 0.25) is 5.89 Å². The minimum absolute atomic E-state index is 0.111. The van der Waals surface area contributed by atoms with E-state index in [2.05, 4.69) is 10.1 Å². The first-order valence-electron chi connectivity index (χ1n) is 6.00. The summed E-state index contributed by atoms with van der Waals surface area (Å²) < 4.78 is 18.0. The van der Waals surface area contributed by atoms with Crippen molar-refractivity contribution in [2.75, 3.05) is 6.54 Å². The summed E-state index contributed by atoms with van der Waals surface area (Å²) in [6, 6.07) is 6.27. The number of nitrogens with two attached hydrogens (primary N) is 1. The van der Waals surface area contributed by atoms with Gasteiger partial charge >= 0.3 is 0 Å². The second-order valence-electron chi connectivity index (χ2n) is 4.19. The Bertz CT molecular complexity index is 491. The van der Waals surface area contributed by atoms with Gasteiger partial charge in [-0.05, 0) is 24.1 Å². The van der Waals surface area contributed by atoms with Crippen molar-refractivity contribution < 1.29 is 8.91 Å². The fraction of sp³-hybridized carbons (Fsp3) is 0.385.